The van der Waals surface area contributed by atoms with E-state index in [2.05, 4.69) is 15.5 Å². The standard InChI is InChI=1S/C14H19ClN6O2/c1-7-9(15)11(17-20(7)5)13(22)16-10-8(2)21(6)18-12(10)14(23)19(3)4/h1-6H3,(H,16,22). The van der Waals surface area contributed by atoms with Crippen LogP contribution >= 0.6 is 11.6 Å². The number of anilines is 1. The van der Waals surface area contributed by atoms with Crippen molar-refractivity contribution in [2.45, 2.75) is 13.8 Å². The number of halogens is 1. The summed E-state index contributed by atoms with van der Waals surface area (Å²) in [5.41, 5.74) is 1.98. The highest BCUT2D eigenvalue weighted by molar-refractivity contribution is 6.34. The number of aryl methyl sites for hydroxylation is 2. The van der Waals surface area contributed by atoms with Gasteiger partial charge in [-0.1, -0.05) is 11.6 Å². The maximum absolute atomic E-state index is 12.5. The summed E-state index contributed by atoms with van der Waals surface area (Å²) < 4.78 is 3.07. The molecular weight excluding hydrogens is 320 g/mol. The van der Waals surface area contributed by atoms with Crippen LogP contribution in [0.1, 0.15) is 32.4 Å². The number of amides is 2. The Morgan fingerprint density at radius 2 is 1.57 bits per heavy atom. The molecule has 1 N–H and O–H groups in total. The van der Waals surface area contributed by atoms with E-state index in [1.54, 1.807) is 42.0 Å². The fourth-order valence-electron chi connectivity index (χ4n) is 2.02. The van der Waals surface area contributed by atoms with Gasteiger partial charge in [-0.2, -0.15) is 10.2 Å². The van der Waals surface area contributed by atoms with Crippen LogP contribution in [0.25, 0.3) is 0 Å². The quantitative estimate of drug-likeness (QED) is 0.916. The first kappa shape index (κ1) is 17.0. The van der Waals surface area contributed by atoms with Gasteiger partial charge in [-0.3, -0.25) is 19.0 Å². The Balaban J connectivity index is 2.41. The highest BCUT2D eigenvalue weighted by Crippen LogP contribution is 2.24. The summed E-state index contributed by atoms with van der Waals surface area (Å²) in [6, 6.07) is 0. The second-order valence-electron chi connectivity index (χ2n) is 5.46. The van der Waals surface area contributed by atoms with E-state index in [0.29, 0.717) is 17.1 Å². The zero-order valence-corrected chi connectivity index (χ0v) is 14.7. The summed E-state index contributed by atoms with van der Waals surface area (Å²) in [6.07, 6.45) is 0. The third kappa shape index (κ3) is 2.94. The van der Waals surface area contributed by atoms with Crippen LogP contribution in [0.2, 0.25) is 5.02 Å². The van der Waals surface area contributed by atoms with Crippen LogP contribution in [-0.2, 0) is 14.1 Å². The van der Waals surface area contributed by atoms with Gasteiger partial charge >= 0.3 is 0 Å². The smallest absolute Gasteiger partial charge is 0.277 e. The number of aromatic nitrogens is 4. The van der Waals surface area contributed by atoms with Gasteiger partial charge in [0.2, 0.25) is 0 Å². The molecule has 124 valence electrons. The van der Waals surface area contributed by atoms with Gasteiger partial charge in [0.05, 0.1) is 22.1 Å². The number of nitrogens with one attached hydrogen (secondary N) is 1. The van der Waals surface area contributed by atoms with Crippen LogP contribution in [0, 0.1) is 13.8 Å². The maximum atomic E-state index is 12.5. The summed E-state index contributed by atoms with van der Waals surface area (Å²) in [7, 11) is 6.65. The van der Waals surface area contributed by atoms with Gasteiger partial charge in [-0.05, 0) is 13.8 Å². The molecule has 2 rings (SSSR count). The van der Waals surface area contributed by atoms with Gasteiger partial charge in [0.25, 0.3) is 11.8 Å². The van der Waals surface area contributed by atoms with Crippen molar-refractivity contribution in [3.63, 3.8) is 0 Å². The molecule has 0 unspecified atom stereocenters. The Bertz CT molecular complexity index is 790. The lowest BCUT2D eigenvalue weighted by molar-refractivity contribution is 0.0822. The summed E-state index contributed by atoms with van der Waals surface area (Å²) in [4.78, 5) is 26.1. The predicted octanol–water partition coefficient (Wildman–Crippen LogP) is 1.38. The van der Waals surface area contributed by atoms with E-state index in [1.807, 2.05) is 0 Å². The van der Waals surface area contributed by atoms with E-state index >= 15 is 0 Å². The minimum atomic E-state index is -0.484. The van der Waals surface area contributed by atoms with Crippen LogP contribution in [0.4, 0.5) is 5.69 Å². The molecule has 0 saturated carbocycles. The number of rotatable bonds is 3. The number of carbonyl (C=O) groups excluding carboxylic acids is 2. The number of carbonyl (C=O) groups is 2. The molecule has 0 atom stereocenters. The molecule has 2 amide bonds. The van der Waals surface area contributed by atoms with E-state index in [1.165, 1.54) is 14.3 Å². The minimum Gasteiger partial charge on any atom is -0.343 e. The maximum Gasteiger partial charge on any atom is 0.277 e. The monoisotopic (exact) mass is 338 g/mol. The van der Waals surface area contributed by atoms with Crippen molar-refractivity contribution in [2.24, 2.45) is 14.1 Å². The SMILES string of the molecule is Cc1c(Cl)c(C(=O)Nc2c(C(=O)N(C)C)nn(C)c2C)nn1C. The van der Waals surface area contributed by atoms with Crippen molar-refractivity contribution < 1.29 is 9.59 Å². The lowest BCUT2D eigenvalue weighted by atomic mass is 10.2. The summed E-state index contributed by atoms with van der Waals surface area (Å²) in [5.74, 6) is -0.782. The van der Waals surface area contributed by atoms with E-state index in [-0.39, 0.29) is 22.3 Å². The van der Waals surface area contributed by atoms with Gasteiger partial charge in [0, 0.05) is 28.2 Å². The lowest BCUT2D eigenvalue weighted by Crippen LogP contribution is -2.24. The molecule has 0 radical (unpaired) electrons. The van der Waals surface area contributed by atoms with Crippen molar-refractivity contribution >= 4 is 29.1 Å². The predicted molar refractivity (Wildman–Crippen MR) is 86.9 cm³/mol. The highest BCUT2D eigenvalue weighted by atomic mass is 35.5. The molecule has 0 bridgehead atoms. The number of nitrogens with zero attached hydrogens (tertiary/aromatic N) is 5. The molecule has 0 saturated heterocycles. The first-order chi connectivity index (χ1) is 10.6. The van der Waals surface area contributed by atoms with Gasteiger partial charge < -0.3 is 10.2 Å². The number of hydrogen-bond acceptors (Lipinski definition) is 4. The first-order valence-electron chi connectivity index (χ1n) is 6.90. The normalized spacial score (nSPS) is 10.7. The molecule has 0 aliphatic rings. The molecule has 2 aromatic rings. The Morgan fingerprint density at radius 1 is 1.04 bits per heavy atom. The molecule has 0 spiro atoms. The van der Waals surface area contributed by atoms with E-state index < -0.39 is 5.91 Å². The molecule has 0 aliphatic carbocycles. The topological polar surface area (TPSA) is 85.1 Å². The molecule has 2 aromatic heterocycles. The fraction of sp³-hybridized carbons (Fsp3) is 0.429. The van der Waals surface area contributed by atoms with E-state index in [4.69, 9.17) is 11.6 Å². The second-order valence-corrected chi connectivity index (χ2v) is 5.84. The van der Waals surface area contributed by atoms with Crippen LogP contribution in [-0.4, -0.2) is 50.4 Å². The van der Waals surface area contributed by atoms with Crippen molar-refractivity contribution in [1.82, 2.24) is 24.5 Å². The van der Waals surface area contributed by atoms with E-state index in [0.717, 1.165) is 0 Å². The Labute approximate surface area is 139 Å². The number of hydrogen-bond donors (Lipinski definition) is 1. The minimum absolute atomic E-state index is 0.109. The van der Waals surface area contributed by atoms with Crippen LogP contribution in [0.3, 0.4) is 0 Å². The van der Waals surface area contributed by atoms with E-state index in [9.17, 15) is 9.59 Å². The zero-order valence-electron chi connectivity index (χ0n) is 13.9. The average Bonchev–Trinajstić information content (AvgIpc) is 2.91. The third-order valence-corrected chi connectivity index (χ3v) is 4.11. The van der Waals surface area contributed by atoms with Crippen molar-refractivity contribution in [3.8, 4) is 0 Å². The van der Waals surface area contributed by atoms with Crippen LogP contribution in [0.15, 0.2) is 0 Å². The largest absolute Gasteiger partial charge is 0.343 e. The third-order valence-electron chi connectivity index (χ3n) is 3.66. The lowest BCUT2D eigenvalue weighted by Gasteiger charge is -2.10. The van der Waals surface area contributed by atoms with Gasteiger partial charge in [0.1, 0.15) is 0 Å². The molecule has 23 heavy (non-hydrogen) atoms. The molecule has 0 aliphatic heterocycles. The van der Waals surface area contributed by atoms with Crippen LogP contribution in [0.5, 0.6) is 0 Å². The molecule has 0 fully saturated rings. The van der Waals surface area contributed by atoms with Crippen molar-refractivity contribution in [2.75, 3.05) is 19.4 Å². The molecule has 9 heteroatoms. The second kappa shape index (κ2) is 6.04. The Hall–Kier alpha value is -2.35. The van der Waals surface area contributed by atoms with Gasteiger partial charge in [-0.25, -0.2) is 0 Å². The summed E-state index contributed by atoms with van der Waals surface area (Å²) in [5, 5.41) is 11.3. The average molecular weight is 339 g/mol. The Kier molecular flexibility index (Phi) is 4.46. The summed E-state index contributed by atoms with van der Waals surface area (Å²) in [6.45, 7) is 3.53. The highest BCUT2D eigenvalue weighted by Gasteiger charge is 2.25. The first-order valence-corrected chi connectivity index (χ1v) is 7.28. The summed E-state index contributed by atoms with van der Waals surface area (Å²) >= 11 is 6.13. The zero-order chi connectivity index (χ0) is 17.5. The van der Waals surface area contributed by atoms with Gasteiger partial charge in [-0.15, -0.1) is 0 Å². The molecule has 2 heterocycles. The van der Waals surface area contributed by atoms with Crippen LogP contribution < -0.4 is 5.32 Å². The Morgan fingerprint density at radius 3 is 2.04 bits per heavy atom. The van der Waals surface area contributed by atoms with Gasteiger partial charge in [0.15, 0.2) is 11.4 Å². The van der Waals surface area contributed by atoms with Crippen molar-refractivity contribution in [3.05, 3.63) is 27.8 Å². The molecule has 8 nitrogen and oxygen atoms in total. The molecule has 0 aromatic carbocycles. The molecular formula is C14H19ClN6O2. The van der Waals surface area contributed by atoms with Crippen molar-refractivity contribution in [1.29, 1.82) is 0 Å². The fourth-order valence-corrected chi connectivity index (χ4v) is 2.27.